The van der Waals surface area contributed by atoms with Crippen LogP contribution < -0.4 is 37.8 Å². The van der Waals surface area contributed by atoms with Crippen LogP contribution in [0.15, 0.2) is 109 Å². The van der Waals surface area contributed by atoms with Gasteiger partial charge in [0.15, 0.2) is 0 Å². The molecule has 0 saturated carbocycles. The van der Waals surface area contributed by atoms with E-state index in [0.29, 0.717) is 0 Å². The minimum absolute atomic E-state index is 0. The summed E-state index contributed by atoms with van der Waals surface area (Å²) in [7, 11) is -1.94. The number of ether oxygens (including phenoxy) is 1. The van der Waals surface area contributed by atoms with Gasteiger partial charge in [0.05, 0.1) is 18.9 Å². The number of halogens is 1. The molecule has 5 heteroatoms. The molecule has 0 amide bonds. The van der Waals surface area contributed by atoms with Gasteiger partial charge in [-0.05, 0) is 48.5 Å². The second kappa shape index (κ2) is 11.1. The Morgan fingerprint density at radius 1 is 0.636 bits per heavy atom. The minimum atomic E-state index is -1.94. The Morgan fingerprint density at radius 2 is 1.12 bits per heavy atom. The topological polar surface area (TPSA) is 25.4 Å². The van der Waals surface area contributed by atoms with Crippen LogP contribution in [0.5, 0.6) is 0 Å². The highest BCUT2D eigenvalue weighted by molar-refractivity contribution is 7.95. The third-order valence-corrected chi connectivity index (χ3v) is 10.5. The Hall–Kier alpha value is -2.52. The number of hydrogen-bond acceptors (Lipinski definition) is 3. The van der Waals surface area contributed by atoms with Gasteiger partial charge >= 0.3 is 0 Å². The van der Waals surface area contributed by atoms with Crippen LogP contribution in [0.3, 0.4) is 0 Å². The van der Waals surface area contributed by atoms with E-state index in [1.807, 2.05) is 0 Å². The number of aromatic nitrogens is 1. The van der Waals surface area contributed by atoms with Crippen molar-refractivity contribution in [1.82, 2.24) is 4.98 Å². The zero-order chi connectivity index (χ0) is 21.6. The average Bonchev–Trinajstić information content (AvgIpc) is 2.89. The molecule has 4 aromatic rings. The van der Waals surface area contributed by atoms with Crippen LogP contribution >= 0.6 is 7.26 Å². The molecule has 0 atom stereocenters. The molecule has 1 fully saturated rings. The van der Waals surface area contributed by atoms with Crippen molar-refractivity contribution in [3.05, 3.63) is 115 Å². The van der Waals surface area contributed by atoms with Crippen molar-refractivity contribution >= 4 is 29.0 Å². The fourth-order valence-corrected chi connectivity index (χ4v) is 8.68. The summed E-state index contributed by atoms with van der Waals surface area (Å²) in [6.07, 6.45) is 0.892. The molecule has 3 aromatic carbocycles. The summed E-state index contributed by atoms with van der Waals surface area (Å²) in [6, 6.07) is 39.5. The third-order valence-electron chi connectivity index (χ3n) is 6.12. The van der Waals surface area contributed by atoms with Gasteiger partial charge in [-0.1, -0.05) is 60.7 Å². The van der Waals surface area contributed by atoms with Crippen molar-refractivity contribution in [3.63, 3.8) is 0 Å². The molecule has 0 unspecified atom stereocenters. The van der Waals surface area contributed by atoms with Crippen LogP contribution in [-0.2, 0) is 10.9 Å². The van der Waals surface area contributed by atoms with Crippen LogP contribution in [0, 0.1) is 0 Å². The van der Waals surface area contributed by atoms with Crippen molar-refractivity contribution in [3.8, 4) is 0 Å². The molecule has 168 valence electrons. The summed E-state index contributed by atoms with van der Waals surface area (Å²) in [5, 5.41) is 4.16. The summed E-state index contributed by atoms with van der Waals surface area (Å²) in [6.45, 7) is 3.32. The molecule has 5 rings (SSSR count). The van der Waals surface area contributed by atoms with Gasteiger partial charge in [0.2, 0.25) is 0 Å². The maximum absolute atomic E-state index is 5.54. The fourth-order valence-electron chi connectivity index (χ4n) is 4.54. The summed E-state index contributed by atoms with van der Waals surface area (Å²) >= 11 is 0. The molecule has 3 nitrogen and oxygen atoms in total. The lowest BCUT2D eigenvalue weighted by Gasteiger charge is -2.29. The molecule has 1 aliphatic heterocycles. The quantitative estimate of drug-likeness (QED) is 0.361. The van der Waals surface area contributed by atoms with E-state index in [-0.39, 0.29) is 17.0 Å². The number of pyridine rings is 1. The molecule has 0 spiro atoms. The second-order valence-electron chi connectivity index (χ2n) is 8.06. The van der Waals surface area contributed by atoms with Crippen LogP contribution in [-0.4, -0.2) is 31.3 Å². The van der Waals surface area contributed by atoms with Gasteiger partial charge in [-0.3, -0.25) is 0 Å². The summed E-state index contributed by atoms with van der Waals surface area (Å²) < 4.78 is 5.54. The first kappa shape index (κ1) is 23.6. The fraction of sp³-hybridized carbons (Fsp3) is 0.179. The molecule has 0 bridgehead atoms. The van der Waals surface area contributed by atoms with Crippen molar-refractivity contribution in [2.45, 2.75) is 6.16 Å². The molecule has 1 aromatic heterocycles. The van der Waals surface area contributed by atoms with E-state index < -0.39 is 7.26 Å². The van der Waals surface area contributed by atoms with Crippen LogP contribution in [0.25, 0.3) is 0 Å². The third kappa shape index (κ3) is 5.04. The van der Waals surface area contributed by atoms with Gasteiger partial charge < -0.3 is 26.6 Å². The number of morpholine rings is 1. The first-order valence-electron chi connectivity index (χ1n) is 11.2. The number of benzene rings is 3. The second-order valence-corrected chi connectivity index (χ2v) is 11.5. The van der Waals surface area contributed by atoms with Crippen molar-refractivity contribution < 1.29 is 21.7 Å². The van der Waals surface area contributed by atoms with E-state index in [2.05, 4.69) is 114 Å². The van der Waals surface area contributed by atoms with Crippen LogP contribution in [0.4, 0.5) is 5.82 Å². The Kier molecular flexibility index (Phi) is 7.93. The maximum Gasteiger partial charge on any atom is 0.129 e. The SMILES string of the molecule is [Br-].c1ccc([P+](Cc2cccc(N3CCOCC3)n2)(c2ccccc2)c2ccccc2)cc1. The molecule has 1 saturated heterocycles. The number of hydrogen-bond donors (Lipinski definition) is 0. The largest absolute Gasteiger partial charge is 1.00 e. The van der Waals surface area contributed by atoms with E-state index in [1.165, 1.54) is 15.9 Å². The van der Waals surface area contributed by atoms with E-state index in [9.17, 15) is 0 Å². The first-order chi connectivity index (χ1) is 15.9. The monoisotopic (exact) mass is 518 g/mol. The van der Waals surface area contributed by atoms with Crippen molar-refractivity contribution in [1.29, 1.82) is 0 Å². The Morgan fingerprint density at radius 3 is 1.61 bits per heavy atom. The first-order valence-corrected chi connectivity index (χ1v) is 13.2. The zero-order valence-corrected chi connectivity index (χ0v) is 21.0. The summed E-state index contributed by atoms with van der Waals surface area (Å²) in [5.41, 5.74) is 1.14. The molecular weight excluding hydrogens is 491 g/mol. The van der Waals surface area contributed by atoms with Gasteiger partial charge in [0.25, 0.3) is 0 Å². The predicted molar refractivity (Wildman–Crippen MR) is 136 cm³/mol. The van der Waals surface area contributed by atoms with Gasteiger partial charge in [0.1, 0.15) is 35.2 Å². The molecule has 0 radical (unpaired) electrons. The van der Waals surface area contributed by atoms with Gasteiger partial charge in [-0.15, -0.1) is 0 Å². The predicted octanol–water partition coefficient (Wildman–Crippen LogP) is 1.42. The number of anilines is 1. The highest BCUT2D eigenvalue weighted by atomic mass is 79.9. The molecule has 0 N–H and O–H groups in total. The molecule has 2 heterocycles. The highest BCUT2D eigenvalue weighted by Gasteiger charge is 2.45. The smallest absolute Gasteiger partial charge is 0.129 e. The average molecular weight is 519 g/mol. The van der Waals surface area contributed by atoms with Gasteiger partial charge in [0, 0.05) is 13.1 Å². The Labute approximate surface area is 207 Å². The van der Waals surface area contributed by atoms with E-state index in [4.69, 9.17) is 9.72 Å². The number of nitrogens with zero attached hydrogens (tertiary/aromatic N) is 2. The summed E-state index contributed by atoms with van der Waals surface area (Å²) in [4.78, 5) is 7.49. The lowest BCUT2D eigenvalue weighted by atomic mass is 10.3. The lowest BCUT2D eigenvalue weighted by molar-refractivity contribution is -0.00000708. The highest BCUT2D eigenvalue weighted by Crippen LogP contribution is 2.57. The lowest BCUT2D eigenvalue weighted by Crippen LogP contribution is -3.00. The minimum Gasteiger partial charge on any atom is -1.00 e. The maximum atomic E-state index is 5.54. The van der Waals surface area contributed by atoms with Crippen molar-refractivity contribution in [2.24, 2.45) is 0 Å². The van der Waals surface area contributed by atoms with E-state index >= 15 is 0 Å². The molecule has 1 aliphatic rings. The molecule has 0 aliphatic carbocycles. The zero-order valence-electron chi connectivity index (χ0n) is 18.6. The van der Waals surface area contributed by atoms with Gasteiger partial charge in [-0.2, -0.15) is 0 Å². The van der Waals surface area contributed by atoms with Crippen LogP contribution in [0.2, 0.25) is 0 Å². The van der Waals surface area contributed by atoms with E-state index in [0.717, 1.165) is 44.0 Å². The Balaban J connectivity index is 0.00000259. The van der Waals surface area contributed by atoms with Crippen LogP contribution in [0.1, 0.15) is 5.69 Å². The standard InChI is InChI=1S/C28H28N2OP.BrH/c1-4-12-25(13-5-1)32(26-14-6-2-7-15-26,27-16-8-3-9-17-27)23-24-11-10-18-28(29-24)30-19-21-31-22-20-30;/h1-18H,19-23H2;1H/q+1;/p-1. The number of rotatable bonds is 6. The Bertz CT molecular complexity index is 1040. The summed E-state index contributed by atoms with van der Waals surface area (Å²) in [5.74, 6) is 1.05. The van der Waals surface area contributed by atoms with E-state index in [1.54, 1.807) is 0 Å². The van der Waals surface area contributed by atoms with Crippen molar-refractivity contribution in [2.75, 3.05) is 31.2 Å². The molecule has 33 heavy (non-hydrogen) atoms. The molecular formula is C28H28BrN2OP. The van der Waals surface area contributed by atoms with Gasteiger partial charge in [-0.25, -0.2) is 4.98 Å². The normalized spacial score (nSPS) is 13.9.